The van der Waals surface area contributed by atoms with E-state index in [1.54, 1.807) is 38.2 Å². The summed E-state index contributed by atoms with van der Waals surface area (Å²) in [5.41, 5.74) is 0.836. The Bertz CT molecular complexity index is 1390. The molecule has 1 aliphatic heterocycles. The molecular formula is C25H28F3N5O5S. The third-order valence-corrected chi connectivity index (χ3v) is 8.09. The number of alkyl halides is 3. The Kier molecular flexibility index (Phi) is 8.28. The fourth-order valence-electron chi connectivity index (χ4n) is 4.03. The maximum absolute atomic E-state index is 12.7. The minimum Gasteiger partial charge on any atom is -0.443 e. The van der Waals surface area contributed by atoms with E-state index in [1.807, 2.05) is 4.90 Å². The number of rotatable bonds is 10. The van der Waals surface area contributed by atoms with E-state index in [-0.39, 0.29) is 12.1 Å². The first kappa shape index (κ1) is 28.5. The summed E-state index contributed by atoms with van der Waals surface area (Å²) >= 11 is 0. The Balaban J connectivity index is 1.26. The Hall–Kier alpha value is -3.49. The highest BCUT2D eigenvalue weighted by atomic mass is 32.2. The van der Waals surface area contributed by atoms with Crippen molar-refractivity contribution in [3.05, 3.63) is 65.5 Å². The third-order valence-electron chi connectivity index (χ3n) is 6.26. The molecule has 3 aromatic rings. The number of nitrogens with zero attached hydrogens (tertiary/aromatic N) is 5. The molecule has 1 aromatic heterocycles. The van der Waals surface area contributed by atoms with Gasteiger partial charge >= 0.3 is 12.3 Å². The second-order valence-electron chi connectivity index (χ2n) is 9.33. The standard InChI is InChI=1S/C25H28F3N5O5S/c1-17-29-23(30-38-17)19-6-10-21(11-7-19)33-15-22(37-24(33)34)14-31(2)12-13-32(3)39(35,36)16-18-4-8-20(9-5-18)25(26,27)28/h4-11,22H,12-16H2,1-3H3. The van der Waals surface area contributed by atoms with Gasteiger partial charge in [-0.25, -0.2) is 17.5 Å². The van der Waals surface area contributed by atoms with Crippen LogP contribution in [0.15, 0.2) is 53.1 Å². The molecule has 0 bridgehead atoms. The number of hydrogen-bond acceptors (Lipinski definition) is 8. The van der Waals surface area contributed by atoms with Crippen molar-refractivity contribution in [1.29, 1.82) is 0 Å². The minimum absolute atomic E-state index is 0.154. The lowest BCUT2D eigenvalue weighted by molar-refractivity contribution is -0.137. The Morgan fingerprint density at radius 2 is 1.72 bits per heavy atom. The van der Waals surface area contributed by atoms with Crippen molar-refractivity contribution in [3.63, 3.8) is 0 Å². The molecule has 1 atom stereocenters. The van der Waals surface area contributed by atoms with Crippen LogP contribution in [0.4, 0.5) is 23.7 Å². The summed E-state index contributed by atoms with van der Waals surface area (Å²) in [5.74, 6) is 0.493. The Morgan fingerprint density at radius 3 is 2.31 bits per heavy atom. The van der Waals surface area contributed by atoms with E-state index in [1.165, 1.54) is 28.4 Å². The summed E-state index contributed by atoms with van der Waals surface area (Å²) in [6, 6.07) is 11.2. The first-order valence-electron chi connectivity index (χ1n) is 12.0. The molecule has 210 valence electrons. The van der Waals surface area contributed by atoms with Gasteiger partial charge in [-0.05, 0) is 49.0 Å². The van der Waals surface area contributed by atoms with Gasteiger partial charge < -0.3 is 14.2 Å². The number of cyclic esters (lactones) is 1. The van der Waals surface area contributed by atoms with Crippen LogP contribution in [0.2, 0.25) is 0 Å². The SMILES string of the molecule is Cc1nc(-c2ccc(N3CC(CN(C)CCN(C)S(=O)(=O)Cc4ccc(C(F)(F)F)cc4)OC3=O)cc2)no1. The van der Waals surface area contributed by atoms with Crippen LogP contribution in [0, 0.1) is 6.92 Å². The van der Waals surface area contributed by atoms with Gasteiger partial charge in [0.05, 0.1) is 17.9 Å². The zero-order valence-corrected chi connectivity index (χ0v) is 22.4. The number of aromatic nitrogens is 2. The number of ether oxygens (including phenoxy) is 1. The molecule has 0 aliphatic carbocycles. The fraction of sp³-hybridized carbons (Fsp3) is 0.400. The van der Waals surface area contributed by atoms with Crippen LogP contribution in [-0.2, 0) is 26.7 Å². The van der Waals surface area contributed by atoms with Gasteiger partial charge in [0.1, 0.15) is 6.10 Å². The molecule has 2 aromatic carbocycles. The predicted molar refractivity (Wildman–Crippen MR) is 136 cm³/mol. The van der Waals surface area contributed by atoms with Crippen LogP contribution in [-0.4, -0.2) is 80.2 Å². The van der Waals surface area contributed by atoms with Crippen molar-refractivity contribution in [2.45, 2.75) is 25.0 Å². The molecule has 39 heavy (non-hydrogen) atoms. The second-order valence-corrected chi connectivity index (χ2v) is 11.4. The van der Waals surface area contributed by atoms with Crippen molar-refractivity contribution in [1.82, 2.24) is 19.3 Å². The zero-order chi connectivity index (χ0) is 28.4. The Morgan fingerprint density at radius 1 is 1.05 bits per heavy atom. The number of amides is 1. The van der Waals surface area contributed by atoms with Gasteiger partial charge in [0.15, 0.2) is 0 Å². The molecule has 1 unspecified atom stereocenters. The molecule has 2 heterocycles. The van der Waals surface area contributed by atoms with Gasteiger partial charge in [0, 0.05) is 44.9 Å². The molecule has 14 heteroatoms. The number of carbonyl (C=O) groups excluding carboxylic acids is 1. The van der Waals surface area contributed by atoms with Gasteiger partial charge in [0.2, 0.25) is 21.7 Å². The quantitative estimate of drug-likeness (QED) is 0.364. The van der Waals surface area contributed by atoms with E-state index in [0.717, 1.165) is 17.7 Å². The zero-order valence-electron chi connectivity index (χ0n) is 21.6. The van der Waals surface area contributed by atoms with E-state index in [9.17, 15) is 26.4 Å². The van der Waals surface area contributed by atoms with Crippen LogP contribution < -0.4 is 4.90 Å². The summed E-state index contributed by atoms with van der Waals surface area (Å²) in [4.78, 5) is 20.0. The van der Waals surface area contributed by atoms with E-state index in [0.29, 0.717) is 37.0 Å². The van der Waals surface area contributed by atoms with Crippen LogP contribution in [0.1, 0.15) is 17.0 Å². The van der Waals surface area contributed by atoms with Gasteiger partial charge in [-0.15, -0.1) is 0 Å². The first-order chi connectivity index (χ1) is 18.3. The summed E-state index contributed by atoms with van der Waals surface area (Å²) in [5, 5.41) is 3.87. The average Bonchev–Trinajstić information content (AvgIpc) is 3.47. The average molecular weight is 568 g/mol. The maximum atomic E-state index is 12.7. The largest absolute Gasteiger partial charge is 0.443 e. The molecule has 1 aliphatic rings. The molecule has 1 saturated heterocycles. The molecule has 10 nitrogen and oxygen atoms in total. The summed E-state index contributed by atoms with van der Waals surface area (Å²) in [6.07, 6.45) is -5.38. The topological polar surface area (TPSA) is 109 Å². The van der Waals surface area contributed by atoms with Crippen molar-refractivity contribution >= 4 is 21.8 Å². The third kappa shape index (κ3) is 7.13. The number of anilines is 1. The molecular weight excluding hydrogens is 539 g/mol. The molecule has 0 saturated carbocycles. The summed E-state index contributed by atoms with van der Waals surface area (Å²) in [7, 11) is -0.536. The van der Waals surface area contributed by atoms with Gasteiger partial charge in [-0.1, -0.05) is 17.3 Å². The molecule has 1 amide bonds. The van der Waals surface area contributed by atoms with Crippen LogP contribution in [0.25, 0.3) is 11.4 Å². The van der Waals surface area contributed by atoms with Gasteiger partial charge in [-0.3, -0.25) is 4.90 Å². The van der Waals surface area contributed by atoms with Crippen molar-refractivity contribution in [2.24, 2.45) is 0 Å². The molecule has 0 spiro atoms. The van der Waals surface area contributed by atoms with E-state index >= 15 is 0 Å². The number of halogens is 3. The number of carbonyl (C=O) groups is 1. The monoisotopic (exact) mass is 567 g/mol. The number of benzene rings is 2. The van der Waals surface area contributed by atoms with Gasteiger partial charge in [0.25, 0.3) is 0 Å². The van der Waals surface area contributed by atoms with Crippen molar-refractivity contribution < 1.29 is 35.6 Å². The van der Waals surface area contributed by atoms with E-state index < -0.39 is 39.7 Å². The normalized spacial score (nSPS) is 16.4. The van der Waals surface area contributed by atoms with Gasteiger partial charge in [-0.2, -0.15) is 18.2 Å². The first-order valence-corrected chi connectivity index (χ1v) is 13.6. The maximum Gasteiger partial charge on any atom is 0.416 e. The molecule has 4 rings (SSSR count). The minimum atomic E-state index is -4.48. The molecule has 1 fully saturated rings. The highest BCUT2D eigenvalue weighted by Gasteiger charge is 2.33. The lowest BCUT2D eigenvalue weighted by Crippen LogP contribution is -2.39. The highest BCUT2D eigenvalue weighted by molar-refractivity contribution is 7.88. The number of likely N-dealkylation sites (N-methyl/N-ethyl adjacent to an activating group) is 2. The number of hydrogen-bond donors (Lipinski definition) is 0. The fourth-order valence-corrected chi connectivity index (χ4v) is 5.23. The van der Waals surface area contributed by atoms with Crippen molar-refractivity contribution in [3.8, 4) is 11.4 Å². The lowest BCUT2D eigenvalue weighted by atomic mass is 10.1. The lowest BCUT2D eigenvalue weighted by Gasteiger charge is -2.23. The van der Waals surface area contributed by atoms with Crippen molar-refractivity contribution in [2.75, 3.05) is 45.2 Å². The second kappa shape index (κ2) is 11.3. The molecule has 0 N–H and O–H groups in total. The van der Waals surface area contributed by atoms with E-state index in [4.69, 9.17) is 9.26 Å². The Labute approximate surface area is 224 Å². The summed E-state index contributed by atoms with van der Waals surface area (Å²) < 4.78 is 75.3. The number of aryl methyl sites for hydroxylation is 1. The predicted octanol–water partition coefficient (Wildman–Crippen LogP) is 3.78. The van der Waals surface area contributed by atoms with E-state index in [2.05, 4.69) is 10.1 Å². The molecule has 0 radical (unpaired) electrons. The van der Waals surface area contributed by atoms with Crippen LogP contribution in [0.5, 0.6) is 0 Å². The van der Waals surface area contributed by atoms with Crippen LogP contribution >= 0.6 is 0 Å². The smallest absolute Gasteiger partial charge is 0.416 e. The number of sulfonamides is 1. The highest BCUT2D eigenvalue weighted by Crippen LogP contribution is 2.29. The summed E-state index contributed by atoms with van der Waals surface area (Å²) in [6.45, 7) is 2.92. The van der Waals surface area contributed by atoms with Crippen LogP contribution in [0.3, 0.4) is 0 Å².